The van der Waals surface area contributed by atoms with Crippen LogP contribution in [-0.2, 0) is 0 Å². The first-order valence-electron chi connectivity index (χ1n) is 6.62. The minimum atomic E-state index is -0.370. The third-order valence-electron chi connectivity index (χ3n) is 2.77. The molecule has 6 nitrogen and oxygen atoms in total. The number of aromatic nitrogens is 2. The van der Waals surface area contributed by atoms with Gasteiger partial charge in [-0.3, -0.25) is 4.98 Å². The number of nitrogen functional groups attached to an aromatic ring is 1. The highest BCUT2D eigenvalue weighted by Gasteiger charge is 2.00. The summed E-state index contributed by atoms with van der Waals surface area (Å²) in [5, 5.41) is 3.14. The second-order valence-corrected chi connectivity index (χ2v) is 5.32. The molecule has 1 aromatic heterocycles. The molecule has 0 saturated carbocycles. The van der Waals surface area contributed by atoms with Crippen molar-refractivity contribution < 1.29 is 4.74 Å². The van der Waals surface area contributed by atoms with Crippen molar-refractivity contribution >= 4 is 27.4 Å². The van der Waals surface area contributed by atoms with Gasteiger partial charge in [0.1, 0.15) is 11.6 Å². The summed E-state index contributed by atoms with van der Waals surface area (Å²) in [6.07, 6.45) is 3.29. The van der Waals surface area contributed by atoms with Gasteiger partial charge in [0.15, 0.2) is 0 Å². The van der Waals surface area contributed by atoms with Crippen molar-refractivity contribution in [3.63, 3.8) is 0 Å². The van der Waals surface area contributed by atoms with Crippen LogP contribution in [0.25, 0.3) is 0 Å². The third-order valence-corrected chi connectivity index (χ3v) is 3.37. The highest BCUT2D eigenvalue weighted by atomic mass is 79.9. The van der Waals surface area contributed by atoms with Crippen molar-refractivity contribution in [1.29, 1.82) is 0 Å². The first kappa shape index (κ1) is 15.4. The van der Waals surface area contributed by atoms with Crippen LogP contribution in [0.2, 0.25) is 0 Å². The monoisotopic (exact) mass is 352 g/mol. The van der Waals surface area contributed by atoms with Gasteiger partial charge in [-0.25, -0.2) is 9.78 Å². The fourth-order valence-corrected chi connectivity index (χ4v) is 2.08. The predicted octanol–water partition coefficient (Wildman–Crippen LogP) is 2.39. The molecule has 2 aromatic rings. The molecule has 0 saturated heterocycles. The number of halogens is 1. The van der Waals surface area contributed by atoms with Crippen LogP contribution < -0.4 is 21.5 Å². The molecular weight excluding hydrogens is 336 g/mol. The number of benzene rings is 1. The zero-order chi connectivity index (χ0) is 15.1. The Bertz CT molecular complexity index is 645. The minimum absolute atomic E-state index is 0.370. The number of ether oxygens (including phenoxy) is 1. The van der Waals surface area contributed by atoms with E-state index < -0.39 is 0 Å². The molecule has 0 aliphatic heterocycles. The van der Waals surface area contributed by atoms with Crippen LogP contribution in [0.1, 0.15) is 12.8 Å². The Hall–Kier alpha value is -2.02. The first-order chi connectivity index (χ1) is 10.1. The van der Waals surface area contributed by atoms with Crippen molar-refractivity contribution in [2.45, 2.75) is 12.8 Å². The lowest BCUT2D eigenvalue weighted by atomic mass is 10.3. The van der Waals surface area contributed by atoms with Crippen molar-refractivity contribution in [2.75, 3.05) is 24.2 Å². The fraction of sp³-hybridized carbons (Fsp3) is 0.286. The molecule has 21 heavy (non-hydrogen) atoms. The number of H-pyrrole nitrogens is 1. The maximum atomic E-state index is 11.1. The highest BCUT2D eigenvalue weighted by molar-refractivity contribution is 9.10. The molecule has 112 valence electrons. The van der Waals surface area contributed by atoms with E-state index >= 15 is 0 Å². The van der Waals surface area contributed by atoms with Gasteiger partial charge < -0.3 is 15.8 Å². The summed E-state index contributed by atoms with van der Waals surface area (Å²) >= 11 is 3.32. The Labute approximate surface area is 130 Å². The lowest BCUT2D eigenvalue weighted by molar-refractivity contribution is 0.308. The predicted molar refractivity (Wildman–Crippen MR) is 86.6 cm³/mol. The summed E-state index contributed by atoms with van der Waals surface area (Å²) in [4.78, 5) is 17.3. The van der Waals surface area contributed by atoms with Crippen LogP contribution in [0, 0.1) is 0 Å². The molecule has 1 heterocycles. The van der Waals surface area contributed by atoms with Crippen LogP contribution in [0.5, 0.6) is 5.75 Å². The second-order valence-electron chi connectivity index (χ2n) is 4.47. The van der Waals surface area contributed by atoms with Gasteiger partial charge in [-0.05, 0) is 40.9 Å². The SMILES string of the molecule is Nc1cccc(OCCCCNc2[nH]c(=O)ncc2Br)c1. The molecule has 0 spiro atoms. The summed E-state index contributed by atoms with van der Waals surface area (Å²) < 4.78 is 6.33. The maximum absolute atomic E-state index is 11.1. The molecule has 0 amide bonds. The summed E-state index contributed by atoms with van der Waals surface area (Å²) in [6, 6.07) is 7.37. The van der Waals surface area contributed by atoms with E-state index in [1.807, 2.05) is 18.2 Å². The molecule has 0 atom stereocenters. The number of nitrogens with zero attached hydrogens (tertiary/aromatic N) is 1. The van der Waals surface area contributed by atoms with Crippen molar-refractivity contribution in [2.24, 2.45) is 0 Å². The van der Waals surface area contributed by atoms with E-state index in [4.69, 9.17) is 10.5 Å². The standard InChI is InChI=1S/C14H17BrN4O2/c15-12-9-18-14(20)19-13(12)17-6-1-2-7-21-11-5-3-4-10(16)8-11/h3-5,8-9H,1-2,6-7,16H2,(H2,17,18,19,20). The highest BCUT2D eigenvalue weighted by Crippen LogP contribution is 2.16. The van der Waals surface area contributed by atoms with Gasteiger partial charge >= 0.3 is 5.69 Å². The van der Waals surface area contributed by atoms with E-state index in [9.17, 15) is 4.79 Å². The topological polar surface area (TPSA) is 93.0 Å². The molecule has 0 radical (unpaired) electrons. The lowest BCUT2D eigenvalue weighted by Gasteiger charge is -2.09. The van der Waals surface area contributed by atoms with E-state index in [0.717, 1.165) is 29.6 Å². The Kier molecular flexibility index (Phi) is 5.62. The number of anilines is 2. The molecule has 7 heteroatoms. The molecule has 4 N–H and O–H groups in total. The summed E-state index contributed by atoms with van der Waals surface area (Å²) in [6.45, 7) is 1.36. The largest absolute Gasteiger partial charge is 0.494 e. The average molecular weight is 353 g/mol. The van der Waals surface area contributed by atoms with Crippen LogP contribution in [-0.4, -0.2) is 23.1 Å². The number of aromatic amines is 1. The maximum Gasteiger partial charge on any atom is 0.346 e. The first-order valence-corrected chi connectivity index (χ1v) is 7.41. The fourth-order valence-electron chi connectivity index (χ4n) is 1.74. The van der Waals surface area contributed by atoms with E-state index in [1.165, 1.54) is 6.20 Å². The van der Waals surface area contributed by atoms with Crippen LogP contribution in [0.3, 0.4) is 0 Å². The average Bonchev–Trinajstić information content (AvgIpc) is 2.46. The summed E-state index contributed by atoms with van der Waals surface area (Å²) in [5.74, 6) is 1.43. The van der Waals surface area contributed by atoms with Gasteiger partial charge in [-0.1, -0.05) is 6.07 Å². The summed E-state index contributed by atoms with van der Waals surface area (Å²) in [5.41, 5.74) is 6.00. The molecule has 0 fully saturated rings. The summed E-state index contributed by atoms with van der Waals surface area (Å²) in [7, 11) is 0. The zero-order valence-corrected chi connectivity index (χ0v) is 13.0. The number of nitrogens with one attached hydrogen (secondary N) is 2. The molecule has 0 aliphatic carbocycles. The number of unbranched alkanes of at least 4 members (excludes halogenated alkanes) is 1. The Morgan fingerprint density at radius 1 is 1.38 bits per heavy atom. The van der Waals surface area contributed by atoms with Gasteiger partial charge in [-0.15, -0.1) is 0 Å². The number of rotatable bonds is 7. The van der Waals surface area contributed by atoms with Crippen LogP contribution in [0.15, 0.2) is 39.7 Å². The van der Waals surface area contributed by atoms with Crippen molar-refractivity contribution in [3.05, 3.63) is 45.4 Å². The van der Waals surface area contributed by atoms with Crippen LogP contribution >= 0.6 is 15.9 Å². The van der Waals surface area contributed by atoms with Gasteiger partial charge in [0, 0.05) is 18.3 Å². The van der Waals surface area contributed by atoms with E-state index in [0.29, 0.717) is 18.1 Å². The quantitative estimate of drug-likeness (QED) is 0.525. The number of hydrogen-bond acceptors (Lipinski definition) is 5. The van der Waals surface area contributed by atoms with Gasteiger partial charge in [-0.2, -0.15) is 0 Å². The third kappa shape index (κ3) is 5.11. The van der Waals surface area contributed by atoms with Crippen LogP contribution in [0.4, 0.5) is 11.5 Å². The number of hydrogen-bond donors (Lipinski definition) is 3. The van der Waals surface area contributed by atoms with Gasteiger partial charge in [0.25, 0.3) is 0 Å². The Morgan fingerprint density at radius 3 is 3.05 bits per heavy atom. The van der Waals surface area contributed by atoms with Gasteiger partial charge in [0.2, 0.25) is 0 Å². The van der Waals surface area contributed by atoms with Gasteiger partial charge in [0.05, 0.1) is 17.3 Å². The van der Waals surface area contributed by atoms with Crippen molar-refractivity contribution in [1.82, 2.24) is 9.97 Å². The molecule has 1 aromatic carbocycles. The Morgan fingerprint density at radius 2 is 2.24 bits per heavy atom. The van der Waals surface area contributed by atoms with Crippen molar-refractivity contribution in [3.8, 4) is 5.75 Å². The molecule has 2 rings (SSSR count). The lowest BCUT2D eigenvalue weighted by Crippen LogP contribution is -2.14. The van der Waals surface area contributed by atoms with E-state index in [-0.39, 0.29) is 5.69 Å². The number of nitrogens with two attached hydrogens (primary N) is 1. The molecular formula is C14H17BrN4O2. The zero-order valence-electron chi connectivity index (χ0n) is 11.4. The minimum Gasteiger partial charge on any atom is -0.494 e. The molecule has 0 aliphatic rings. The second kappa shape index (κ2) is 7.68. The van der Waals surface area contributed by atoms with E-state index in [2.05, 4.69) is 31.2 Å². The Balaban J connectivity index is 1.66. The molecule has 0 bridgehead atoms. The van der Waals surface area contributed by atoms with E-state index in [1.54, 1.807) is 6.07 Å². The normalized spacial score (nSPS) is 10.3. The smallest absolute Gasteiger partial charge is 0.346 e. The molecule has 0 unspecified atom stereocenters.